The molecule has 3 fully saturated rings. The number of hydrogen-bond acceptors (Lipinski definition) is 4. The van der Waals surface area contributed by atoms with Crippen molar-refractivity contribution in [3.63, 3.8) is 0 Å². The molecule has 0 aliphatic heterocycles. The highest BCUT2D eigenvalue weighted by Gasteiger charge is 2.66. The molecule has 5 heteroatoms. The van der Waals surface area contributed by atoms with E-state index in [2.05, 4.69) is 19.8 Å². The van der Waals surface area contributed by atoms with Gasteiger partial charge in [-0.2, -0.15) is 0 Å². The summed E-state index contributed by atoms with van der Waals surface area (Å²) in [5.41, 5.74) is -1.36. The summed E-state index contributed by atoms with van der Waals surface area (Å²) in [6.07, 6.45) is 8.59. The Morgan fingerprint density at radius 3 is 2.57 bits per heavy atom. The first-order chi connectivity index (χ1) is 13.1. The van der Waals surface area contributed by atoms with Crippen LogP contribution in [0, 0.1) is 40.9 Å². The van der Waals surface area contributed by atoms with Crippen molar-refractivity contribution in [2.45, 2.75) is 83.3 Å². The van der Waals surface area contributed by atoms with E-state index in [1.165, 1.54) is 6.92 Å². The lowest BCUT2D eigenvalue weighted by Crippen LogP contribution is -2.59. The fourth-order valence-electron chi connectivity index (χ4n) is 7.19. The number of halogens is 1. The van der Waals surface area contributed by atoms with Crippen LogP contribution in [-0.2, 0) is 9.53 Å². The number of ether oxygens (including phenoxy) is 1. The van der Waals surface area contributed by atoms with Gasteiger partial charge in [-0.1, -0.05) is 19.8 Å². The van der Waals surface area contributed by atoms with Crippen molar-refractivity contribution in [2.75, 3.05) is 0 Å². The van der Waals surface area contributed by atoms with E-state index in [1.54, 1.807) is 6.08 Å². The maximum Gasteiger partial charge on any atom is 0.303 e. The summed E-state index contributed by atoms with van der Waals surface area (Å²) in [6, 6.07) is 0. The van der Waals surface area contributed by atoms with Gasteiger partial charge in [0.15, 0.2) is 0 Å². The molecule has 0 spiro atoms. The first-order valence-electron chi connectivity index (χ1n) is 10.5. The number of carbonyl (C=O) groups is 1. The number of alkyl halides is 1. The van der Waals surface area contributed by atoms with Crippen LogP contribution in [0.2, 0.25) is 0 Å². The van der Waals surface area contributed by atoms with Crippen LogP contribution in [0.25, 0.3) is 0 Å². The van der Waals surface area contributed by atoms with Crippen LogP contribution in [0.1, 0.15) is 59.3 Å². The van der Waals surface area contributed by atoms with Gasteiger partial charge >= 0.3 is 5.97 Å². The van der Waals surface area contributed by atoms with Gasteiger partial charge in [0.05, 0.1) is 6.10 Å². The van der Waals surface area contributed by atoms with Crippen molar-refractivity contribution in [2.24, 2.45) is 28.6 Å². The molecule has 0 radical (unpaired) electrons. The Kier molecular flexibility index (Phi) is 4.49. The maximum absolute atomic E-state index is 15.0. The number of esters is 1. The summed E-state index contributed by atoms with van der Waals surface area (Å²) in [4.78, 5) is 11.9. The number of hydrogen-bond donors (Lipinski definition) is 2. The van der Waals surface area contributed by atoms with Gasteiger partial charge in [-0.05, 0) is 67.4 Å². The van der Waals surface area contributed by atoms with E-state index in [9.17, 15) is 15.0 Å². The third-order valence-corrected chi connectivity index (χ3v) is 8.82. The molecule has 28 heavy (non-hydrogen) atoms. The molecule has 4 rings (SSSR count). The predicted octanol–water partition coefficient (Wildman–Crippen LogP) is 3.16. The van der Waals surface area contributed by atoms with E-state index in [0.29, 0.717) is 18.4 Å². The second-order valence-electron chi connectivity index (χ2n) is 9.91. The number of aliphatic hydroxyl groups is 2. The fourth-order valence-corrected chi connectivity index (χ4v) is 7.19. The summed E-state index contributed by atoms with van der Waals surface area (Å²) in [7, 11) is 0. The Labute approximate surface area is 166 Å². The van der Waals surface area contributed by atoms with Crippen molar-refractivity contribution in [1.29, 1.82) is 0 Å². The SMILES string of the molecule is C#C[C@]1(O)CC[C@H]2[C@@H]3[C@@H](OC(C)=O)C=C4[C@@H](F)[C@H](O)CC[C@]4(C)[C@H]3CC[C@@]21C. The van der Waals surface area contributed by atoms with Gasteiger partial charge in [0.1, 0.15) is 17.9 Å². The topological polar surface area (TPSA) is 66.8 Å². The third kappa shape index (κ3) is 2.47. The average molecular weight is 390 g/mol. The Balaban J connectivity index is 1.81. The monoisotopic (exact) mass is 390 g/mol. The average Bonchev–Trinajstić information content (AvgIpc) is 2.91. The molecule has 4 nitrogen and oxygen atoms in total. The van der Waals surface area contributed by atoms with Crippen molar-refractivity contribution in [1.82, 2.24) is 0 Å². The third-order valence-electron chi connectivity index (χ3n) is 8.82. The van der Waals surface area contributed by atoms with Crippen LogP contribution >= 0.6 is 0 Å². The molecule has 4 aliphatic carbocycles. The lowest BCUT2D eigenvalue weighted by atomic mass is 9.46. The zero-order valence-corrected chi connectivity index (χ0v) is 17.0. The van der Waals surface area contributed by atoms with Gasteiger partial charge in [-0.25, -0.2) is 4.39 Å². The summed E-state index contributed by atoms with van der Waals surface area (Å²) in [6.45, 7) is 5.54. The zero-order chi connectivity index (χ0) is 20.5. The van der Waals surface area contributed by atoms with Gasteiger partial charge in [0, 0.05) is 18.3 Å². The van der Waals surface area contributed by atoms with Crippen molar-refractivity contribution in [3.05, 3.63) is 11.6 Å². The summed E-state index contributed by atoms with van der Waals surface area (Å²) < 4.78 is 20.7. The highest BCUT2D eigenvalue weighted by Crippen LogP contribution is 2.67. The molecule has 0 aromatic carbocycles. The van der Waals surface area contributed by atoms with E-state index >= 15 is 4.39 Å². The van der Waals surface area contributed by atoms with E-state index < -0.39 is 35.4 Å². The Morgan fingerprint density at radius 1 is 1.25 bits per heavy atom. The molecule has 4 aliphatic rings. The molecule has 154 valence electrons. The molecule has 0 unspecified atom stereocenters. The highest BCUT2D eigenvalue weighted by molar-refractivity contribution is 5.66. The predicted molar refractivity (Wildman–Crippen MR) is 103 cm³/mol. The lowest BCUT2D eigenvalue weighted by Gasteiger charge is -2.60. The first-order valence-corrected chi connectivity index (χ1v) is 10.5. The first kappa shape index (κ1) is 19.9. The molecular weight excluding hydrogens is 359 g/mol. The van der Waals surface area contributed by atoms with Gasteiger partial charge in [0.2, 0.25) is 0 Å². The van der Waals surface area contributed by atoms with Crippen molar-refractivity contribution in [3.8, 4) is 12.3 Å². The zero-order valence-electron chi connectivity index (χ0n) is 17.0. The molecule has 9 atom stereocenters. The van der Waals surface area contributed by atoms with Crippen LogP contribution in [0.4, 0.5) is 4.39 Å². The number of rotatable bonds is 1. The van der Waals surface area contributed by atoms with E-state index in [-0.39, 0.29) is 23.2 Å². The molecule has 0 aromatic heterocycles. The van der Waals surface area contributed by atoms with Crippen LogP contribution in [-0.4, -0.2) is 40.2 Å². The normalized spacial score (nSPS) is 52.5. The minimum absolute atomic E-state index is 0.00113. The molecule has 0 amide bonds. The molecular formula is C23H31FO4. The Hall–Kier alpha value is -1.38. The summed E-state index contributed by atoms with van der Waals surface area (Å²) in [5.74, 6) is 2.50. The smallest absolute Gasteiger partial charge is 0.303 e. The second-order valence-corrected chi connectivity index (χ2v) is 9.91. The molecule has 2 N–H and O–H groups in total. The molecule has 0 heterocycles. The second kappa shape index (κ2) is 6.31. The Bertz CT molecular complexity index is 756. The molecule has 3 saturated carbocycles. The van der Waals surface area contributed by atoms with Crippen molar-refractivity contribution >= 4 is 5.97 Å². The number of aliphatic hydroxyl groups excluding tert-OH is 1. The number of terminal acetylenes is 1. The van der Waals surface area contributed by atoms with Gasteiger partial charge in [0.25, 0.3) is 0 Å². The highest BCUT2D eigenvalue weighted by atomic mass is 19.1. The van der Waals surface area contributed by atoms with E-state index in [0.717, 1.165) is 25.7 Å². The van der Waals surface area contributed by atoms with Crippen LogP contribution < -0.4 is 0 Å². The van der Waals surface area contributed by atoms with Crippen LogP contribution in [0.3, 0.4) is 0 Å². The van der Waals surface area contributed by atoms with E-state index in [4.69, 9.17) is 11.2 Å². The van der Waals surface area contributed by atoms with Gasteiger partial charge < -0.3 is 14.9 Å². The largest absolute Gasteiger partial charge is 0.458 e. The maximum atomic E-state index is 15.0. The summed E-state index contributed by atoms with van der Waals surface area (Å²) >= 11 is 0. The summed E-state index contributed by atoms with van der Waals surface area (Å²) in [5, 5.41) is 21.2. The molecule has 0 aromatic rings. The molecule has 0 bridgehead atoms. The van der Waals surface area contributed by atoms with E-state index in [1.807, 2.05) is 0 Å². The minimum Gasteiger partial charge on any atom is -0.458 e. The van der Waals surface area contributed by atoms with Gasteiger partial charge in [-0.3, -0.25) is 4.79 Å². The number of fused-ring (bicyclic) bond motifs is 5. The van der Waals surface area contributed by atoms with Crippen LogP contribution in [0.15, 0.2) is 11.6 Å². The van der Waals surface area contributed by atoms with Gasteiger partial charge in [-0.15, -0.1) is 6.42 Å². The quantitative estimate of drug-likeness (QED) is 0.410. The van der Waals surface area contributed by atoms with Crippen LogP contribution in [0.5, 0.6) is 0 Å². The fraction of sp³-hybridized carbons (Fsp3) is 0.783. The standard InChI is InChI=1S/C23H31FO4/c1-5-23(27)11-7-15-19-14(6-10-22(15,23)4)21(3)9-8-17(26)20(24)16(21)12-18(19)28-13(2)25/h1,12,14-15,17-20,26-27H,6-11H2,2-4H3/t14-,15-,17+,18-,19+,20+,21+,22-,23-/m0/s1. The Morgan fingerprint density at radius 2 is 1.93 bits per heavy atom. The lowest BCUT2D eigenvalue weighted by molar-refractivity contribution is -0.163. The molecule has 0 saturated heterocycles. The number of carbonyl (C=O) groups excluding carboxylic acids is 1. The van der Waals surface area contributed by atoms with Crippen molar-refractivity contribution < 1.29 is 24.1 Å². The minimum atomic E-state index is -1.42.